The number of hydrogen-bond acceptors (Lipinski definition) is 2. The fourth-order valence-electron chi connectivity index (χ4n) is 2.40. The van der Waals surface area contributed by atoms with E-state index in [-0.39, 0.29) is 6.04 Å². The number of nitrogens with one attached hydrogen (secondary N) is 1. The Bertz CT molecular complexity index is 476. The minimum absolute atomic E-state index is 0.157. The molecule has 0 saturated heterocycles. The van der Waals surface area contributed by atoms with Crippen molar-refractivity contribution >= 4 is 0 Å². The Morgan fingerprint density at radius 1 is 1.06 bits per heavy atom. The van der Waals surface area contributed by atoms with Gasteiger partial charge in [0, 0.05) is 18.4 Å². The second-order valence-electron chi connectivity index (χ2n) is 4.24. The molecule has 1 heterocycles. The van der Waals surface area contributed by atoms with Gasteiger partial charge in [-0.15, -0.1) is 0 Å². The van der Waals surface area contributed by atoms with Crippen LogP contribution in [0.3, 0.4) is 0 Å². The zero-order valence-corrected chi connectivity index (χ0v) is 9.01. The van der Waals surface area contributed by atoms with Crippen molar-refractivity contribution in [2.75, 3.05) is 5.43 Å². The number of nitrogens with zero attached hydrogens (tertiary/aromatic N) is 1. The van der Waals surface area contributed by atoms with E-state index in [0.717, 1.165) is 6.42 Å². The van der Waals surface area contributed by atoms with Gasteiger partial charge in [-0.3, -0.25) is 4.68 Å². The zero-order valence-electron chi connectivity index (χ0n) is 9.01. The van der Waals surface area contributed by atoms with Crippen molar-refractivity contribution in [1.82, 2.24) is 4.68 Å². The quantitative estimate of drug-likeness (QED) is 0.803. The van der Waals surface area contributed by atoms with E-state index in [1.807, 2.05) is 29.2 Å². The Kier molecular flexibility index (Phi) is 2.18. The Morgan fingerprint density at radius 2 is 1.75 bits per heavy atom. The maximum Gasteiger partial charge on any atom is 0.0694 e. The van der Waals surface area contributed by atoms with Crippen molar-refractivity contribution in [2.45, 2.75) is 18.5 Å². The summed E-state index contributed by atoms with van der Waals surface area (Å²) in [5, 5.41) is 0. The van der Waals surface area contributed by atoms with Crippen LogP contribution in [0.25, 0.3) is 0 Å². The average molecular weight is 213 g/mol. The molecular weight excluding hydrogens is 198 g/mol. The van der Waals surface area contributed by atoms with Gasteiger partial charge in [0.1, 0.15) is 0 Å². The van der Waals surface area contributed by atoms with Crippen LogP contribution < -0.4 is 11.2 Å². The van der Waals surface area contributed by atoms with Gasteiger partial charge in [0.25, 0.3) is 0 Å². The lowest BCUT2D eigenvalue weighted by Crippen LogP contribution is -2.18. The van der Waals surface area contributed by atoms with Crippen LogP contribution in [0, 0.1) is 0 Å². The van der Waals surface area contributed by atoms with E-state index in [0.29, 0.717) is 6.04 Å². The van der Waals surface area contributed by atoms with Gasteiger partial charge in [0.15, 0.2) is 0 Å². The van der Waals surface area contributed by atoms with E-state index in [1.54, 1.807) is 0 Å². The second kappa shape index (κ2) is 3.68. The van der Waals surface area contributed by atoms with Crippen LogP contribution in [0.1, 0.15) is 29.6 Å². The van der Waals surface area contributed by atoms with E-state index < -0.39 is 0 Å². The standard InChI is InChI=1S/C13H15N3/c14-12-9-13(15-16-7-3-4-8-16)11-6-2-1-5-10(11)12/h1-8,12-13,15H,9,14H2. The summed E-state index contributed by atoms with van der Waals surface area (Å²) in [4.78, 5) is 0. The molecule has 3 N–H and O–H groups in total. The molecule has 16 heavy (non-hydrogen) atoms. The number of rotatable bonds is 2. The summed E-state index contributed by atoms with van der Waals surface area (Å²) in [7, 11) is 0. The summed E-state index contributed by atoms with van der Waals surface area (Å²) in [5.74, 6) is 0. The van der Waals surface area contributed by atoms with E-state index >= 15 is 0 Å². The Hall–Kier alpha value is -1.74. The SMILES string of the molecule is NC1CC(Nn2cccc2)c2ccccc21. The molecule has 3 heteroatoms. The molecule has 3 nitrogen and oxygen atoms in total. The number of nitrogens with two attached hydrogens (primary N) is 1. The largest absolute Gasteiger partial charge is 0.324 e. The first kappa shape index (κ1) is 9.48. The van der Waals surface area contributed by atoms with Crippen LogP contribution in [0.15, 0.2) is 48.8 Å². The van der Waals surface area contributed by atoms with Gasteiger partial charge in [0.05, 0.1) is 6.04 Å². The third-order valence-electron chi connectivity index (χ3n) is 3.17. The topological polar surface area (TPSA) is 43.0 Å². The Balaban J connectivity index is 1.89. The molecule has 0 spiro atoms. The first-order chi connectivity index (χ1) is 7.84. The molecular formula is C13H15N3. The summed E-state index contributed by atoms with van der Waals surface area (Å²) in [6.07, 6.45) is 4.97. The van der Waals surface area contributed by atoms with Crippen LogP contribution >= 0.6 is 0 Å². The molecule has 2 atom stereocenters. The number of benzene rings is 1. The summed E-state index contributed by atoms with van der Waals surface area (Å²) in [6, 6.07) is 12.9. The highest BCUT2D eigenvalue weighted by Gasteiger charge is 2.27. The summed E-state index contributed by atoms with van der Waals surface area (Å²) >= 11 is 0. The number of aromatic nitrogens is 1. The third kappa shape index (κ3) is 1.49. The zero-order chi connectivity index (χ0) is 11.0. The van der Waals surface area contributed by atoms with Gasteiger partial charge in [-0.05, 0) is 29.7 Å². The molecule has 3 rings (SSSR count). The highest BCUT2D eigenvalue weighted by Crippen LogP contribution is 2.37. The van der Waals surface area contributed by atoms with Crippen molar-refractivity contribution in [3.8, 4) is 0 Å². The van der Waals surface area contributed by atoms with Gasteiger partial charge >= 0.3 is 0 Å². The predicted molar refractivity (Wildman–Crippen MR) is 64.5 cm³/mol. The van der Waals surface area contributed by atoms with Crippen molar-refractivity contribution in [1.29, 1.82) is 0 Å². The molecule has 82 valence electrons. The second-order valence-corrected chi connectivity index (χ2v) is 4.24. The lowest BCUT2D eigenvalue weighted by atomic mass is 10.1. The summed E-state index contributed by atoms with van der Waals surface area (Å²) in [5.41, 5.74) is 12.2. The van der Waals surface area contributed by atoms with Crippen molar-refractivity contribution < 1.29 is 0 Å². The van der Waals surface area contributed by atoms with Gasteiger partial charge in [-0.1, -0.05) is 24.3 Å². The molecule has 0 amide bonds. The average Bonchev–Trinajstić information content (AvgIpc) is 2.90. The van der Waals surface area contributed by atoms with Crippen LogP contribution in [-0.2, 0) is 0 Å². The van der Waals surface area contributed by atoms with Gasteiger partial charge in [-0.2, -0.15) is 0 Å². The maximum atomic E-state index is 6.12. The molecule has 1 aliphatic carbocycles. The van der Waals surface area contributed by atoms with Crippen LogP contribution in [0.2, 0.25) is 0 Å². The molecule has 2 aromatic rings. The lowest BCUT2D eigenvalue weighted by molar-refractivity contribution is 0.601. The van der Waals surface area contributed by atoms with Crippen LogP contribution in [0.4, 0.5) is 0 Å². The van der Waals surface area contributed by atoms with Gasteiger partial charge < -0.3 is 11.2 Å². The highest BCUT2D eigenvalue weighted by molar-refractivity contribution is 5.38. The van der Waals surface area contributed by atoms with Gasteiger partial charge in [0.2, 0.25) is 0 Å². The van der Waals surface area contributed by atoms with E-state index in [9.17, 15) is 0 Å². The third-order valence-corrected chi connectivity index (χ3v) is 3.17. The molecule has 0 fully saturated rings. The molecule has 0 aliphatic heterocycles. The molecule has 0 saturated carbocycles. The minimum Gasteiger partial charge on any atom is -0.324 e. The molecule has 0 bridgehead atoms. The normalized spacial score (nSPS) is 23.1. The monoisotopic (exact) mass is 213 g/mol. The maximum absolute atomic E-state index is 6.12. The Labute approximate surface area is 94.9 Å². The number of fused-ring (bicyclic) bond motifs is 1. The van der Waals surface area contributed by atoms with E-state index in [2.05, 4.69) is 29.7 Å². The fraction of sp³-hybridized carbons (Fsp3) is 0.231. The summed E-state index contributed by atoms with van der Waals surface area (Å²) in [6.45, 7) is 0. The predicted octanol–water partition coefficient (Wildman–Crippen LogP) is 2.18. The molecule has 0 radical (unpaired) electrons. The molecule has 1 aliphatic rings. The summed E-state index contributed by atoms with van der Waals surface area (Å²) < 4.78 is 1.99. The minimum atomic E-state index is 0.157. The molecule has 2 unspecified atom stereocenters. The number of hydrogen-bond donors (Lipinski definition) is 2. The fourth-order valence-corrected chi connectivity index (χ4v) is 2.40. The highest BCUT2D eigenvalue weighted by atomic mass is 15.4. The Morgan fingerprint density at radius 3 is 2.50 bits per heavy atom. The van der Waals surface area contributed by atoms with Crippen LogP contribution in [0.5, 0.6) is 0 Å². The lowest BCUT2D eigenvalue weighted by Gasteiger charge is -2.16. The van der Waals surface area contributed by atoms with Gasteiger partial charge in [-0.25, -0.2) is 0 Å². The molecule has 1 aromatic carbocycles. The first-order valence-corrected chi connectivity index (χ1v) is 5.58. The van der Waals surface area contributed by atoms with E-state index in [4.69, 9.17) is 5.73 Å². The van der Waals surface area contributed by atoms with Crippen molar-refractivity contribution in [2.24, 2.45) is 5.73 Å². The van der Waals surface area contributed by atoms with Crippen molar-refractivity contribution in [3.05, 3.63) is 59.9 Å². The van der Waals surface area contributed by atoms with Crippen molar-refractivity contribution in [3.63, 3.8) is 0 Å². The smallest absolute Gasteiger partial charge is 0.0694 e. The van der Waals surface area contributed by atoms with E-state index in [1.165, 1.54) is 11.1 Å². The molecule has 1 aromatic heterocycles. The van der Waals surface area contributed by atoms with Crippen LogP contribution in [-0.4, -0.2) is 4.68 Å². The first-order valence-electron chi connectivity index (χ1n) is 5.58.